The molecular weight excluding hydrogens is 404 g/mol. The number of furan rings is 1. The second-order valence-corrected chi connectivity index (χ2v) is 9.91. The Bertz CT molecular complexity index is 763. The van der Waals surface area contributed by atoms with Gasteiger partial charge >= 0.3 is 5.97 Å². The average molecular weight is 445 g/mol. The maximum absolute atomic E-state index is 11.5. The summed E-state index contributed by atoms with van der Waals surface area (Å²) in [7, 11) is 1.42. The second-order valence-electron chi connectivity index (χ2n) is 9.91. The van der Waals surface area contributed by atoms with E-state index < -0.39 is 6.10 Å². The Morgan fingerprint density at radius 1 is 1.31 bits per heavy atom. The van der Waals surface area contributed by atoms with Gasteiger partial charge in [0.25, 0.3) is 0 Å². The molecule has 2 heterocycles. The molecule has 1 aliphatic heterocycles. The number of methoxy groups -OCH3 is 1. The van der Waals surface area contributed by atoms with Crippen LogP contribution >= 0.6 is 0 Å². The summed E-state index contributed by atoms with van der Waals surface area (Å²) in [5.74, 6) is 2.70. The van der Waals surface area contributed by atoms with Crippen LogP contribution in [0.1, 0.15) is 58.6 Å². The van der Waals surface area contributed by atoms with Crippen molar-refractivity contribution in [3.05, 3.63) is 48.0 Å². The van der Waals surface area contributed by atoms with Gasteiger partial charge in [-0.1, -0.05) is 37.6 Å². The van der Waals surface area contributed by atoms with Crippen molar-refractivity contribution in [3.8, 4) is 0 Å². The number of allylic oxidation sites excluding steroid dienone is 3. The van der Waals surface area contributed by atoms with Crippen LogP contribution in [-0.2, 0) is 20.7 Å². The van der Waals surface area contributed by atoms with Crippen molar-refractivity contribution in [2.75, 3.05) is 13.7 Å². The van der Waals surface area contributed by atoms with Gasteiger partial charge in [0.2, 0.25) is 0 Å². The summed E-state index contributed by atoms with van der Waals surface area (Å²) in [5.41, 5.74) is 1.14. The lowest BCUT2D eigenvalue weighted by Gasteiger charge is -2.48. The van der Waals surface area contributed by atoms with Crippen LogP contribution in [0.3, 0.4) is 0 Å². The molecule has 1 N–H and O–H groups in total. The highest BCUT2D eigenvalue weighted by atomic mass is 16.5. The fourth-order valence-corrected chi connectivity index (χ4v) is 5.25. The monoisotopic (exact) mass is 444 g/mol. The standard InChI is InChI=1S/C27H40O5/c1-18(2)7-11-23-20(9-10-22-6-5-13-31-22)17-32-26-16-25(28)21(15-24(23)26)14-19(3)8-12-27(29)30-4/h5-7,11,13-14,18,20-21,23-26,28H,8-10,12,15-17H2,1-4H3/b11-7+,19-14+/t20-,21-,23+,24-,25+,26+/m1/s1. The van der Waals surface area contributed by atoms with Gasteiger partial charge in [0, 0.05) is 25.2 Å². The molecule has 32 heavy (non-hydrogen) atoms. The minimum absolute atomic E-state index is 0.0938. The number of fused-ring (bicyclic) bond motifs is 1. The maximum Gasteiger partial charge on any atom is 0.305 e. The highest BCUT2D eigenvalue weighted by molar-refractivity contribution is 5.69. The van der Waals surface area contributed by atoms with E-state index in [9.17, 15) is 9.90 Å². The molecule has 2 aliphatic rings. The Morgan fingerprint density at radius 2 is 2.12 bits per heavy atom. The number of hydrogen-bond donors (Lipinski definition) is 1. The predicted molar refractivity (Wildman–Crippen MR) is 125 cm³/mol. The van der Waals surface area contributed by atoms with E-state index in [0.717, 1.165) is 37.2 Å². The smallest absolute Gasteiger partial charge is 0.305 e. The van der Waals surface area contributed by atoms with Crippen molar-refractivity contribution < 1.29 is 23.8 Å². The number of aryl methyl sites for hydroxylation is 1. The number of aliphatic hydroxyl groups excluding tert-OH is 1. The first kappa shape index (κ1) is 24.8. The summed E-state index contributed by atoms with van der Waals surface area (Å²) >= 11 is 0. The molecule has 0 spiro atoms. The third kappa shape index (κ3) is 6.82. The number of ether oxygens (including phenoxy) is 2. The van der Waals surface area contributed by atoms with Gasteiger partial charge in [-0.25, -0.2) is 0 Å². The molecule has 0 bridgehead atoms. The molecule has 0 aromatic carbocycles. The largest absolute Gasteiger partial charge is 0.469 e. The Balaban J connectivity index is 1.72. The third-order valence-corrected chi connectivity index (χ3v) is 7.06. The van der Waals surface area contributed by atoms with E-state index in [0.29, 0.717) is 42.9 Å². The summed E-state index contributed by atoms with van der Waals surface area (Å²) in [6, 6.07) is 3.99. The van der Waals surface area contributed by atoms with Crippen LogP contribution in [0.4, 0.5) is 0 Å². The van der Waals surface area contributed by atoms with E-state index in [4.69, 9.17) is 13.9 Å². The molecular formula is C27H40O5. The zero-order valence-electron chi connectivity index (χ0n) is 20.0. The number of carbonyl (C=O) groups is 1. The van der Waals surface area contributed by atoms with E-state index in [1.807, 2.05) is 19.1 Å². The first-order valence-electron chi connectivity index (χ1n) is 12.1. The summed E-state index contributed by atoms with van der Waals surface area (Å²) < 4.78 is 16.6. The van der Waals surface area contributed by atoms with Crippen LogP contribution in [0.2, 0.25) is 0 Å². The topological polar surface area (TPSA) is 68.9 Å². The Labute approximate surface area is 192 Å². The third-order valence-electron chi connectivity index (χ3n) is 7.06. The van der Waals surface area contributed by atoms with Gasteiger partial charge in [-0.3, -0.25) is 4.79 Å². The lowest BCUT2D eigenvalue weighted by molar-refractivity contribution is -0.140. The van der Waals surface area contributed by atoms with Gasteiger partial charge < -0.3 is 19.0 Å². The van der Waals surface area contributed by atoms with Crippen LogP contribution in [-0.4, -0.2) is 37.0 Å². The van der Waals surface area contributed by atoms with Gasteiger partial charge in [0.05, 0.1) is 32.2 Å². The lowest BCUT2D eigenvalue weighted by Crippen LogP contribution is -2.48. The highest BCUT2D eigenvalue weighted by Gasteiger charge is 2.44. The van der Waals surface area contributed by atoms with Gasteiger partial charge in [-0.05, 0) is 62.0 Å². The molecule has 1 aromatic rings. The summed E-state index contributed by atoms with van der Waals surface area (Å²) in [4.78, 5) is 11.5. The number of esters is 1. The average Bonchev–Trinajstić information content (AvgIpc) is 3.29. The number of aliphatic hydroxyl groups is 1. The van der Waals surface area contributed by atoms with Crippen molar-refractivity contribution >= 4 is 5.97 Å². The molecule has 2 fully saturated rings. The van der Waals surface area contributed by atoms with Gasteiger partial charge in [-0.2, -0.15) is 0 Å². The molecule has 0 radical (unpaired) electrons. The molecule has 6 atom stereocenters. The minimum Gasteiger partial charge on any atom is -0.469 e. The molecule has 5 nitrogen and oxygen atoms in total. The first-order chi connectivity index (χ1) is 15.4. The normalized spacial score (nSPS) is 31.1. The van der Waals surface area contributed by atoms with E-state index in [1.54, 1.807) is 6.26 Å². The van der Waals surface area contributed by atoms with Crippen molar-refractivity contribution in [2.45, 2.75) is 71.5 Å². The van der Waals surface area contributed by atoms with Crippen molar-refractivity contribution in [1.82, 2.24) is 0 Å². The first-order valence-corrected chi connectivity index (χ1v) is 12.1. The number of carbonyl (C=O) groups excluding carboxylic acids is 1. The van der Waals surface area contributed by atoms with E-state index in [2.05, 4.69) is 32.1 Å². The molecule has 5 heteroatoms. The quantitative estimate of drug-likeness (QED) is 0.411. The van der Waals surface area contributed by atoms with Gasteiger partial charge in [0.15, 0.2) is 0 Å². The van der Waals surface area contributed by atoms with Crippen LogP contribution < -0.4 is 0 Å². The Kier molecular flexibility index (Phi) is 9.18. The van der Waals surface area contributed by atoms with Gasteiger partial charge in [0.1, 0.15) is 5.76 Å². The van der Waals surface area contributed by atoms with E-state index in [1.165, 1.54) is 7.11 Å². The molecule has 1 saturated carbocycles. The van der Waals surface area contributed by atoms with Crippen molar-refractivity contribution in [1.29, 1.82) is 0 Å². The lowest BCUT2D eigenvalue weighted by atomic mass is 9.65. The highest BCUT2D eigenvalue weighted by Crippen LogP contribution is 2.45. The van der Waals surface area contributed by atoms with Crippen molar-refractivity contribution in [3.63, 3.8) is 0 Å². The van der Waals surface area contributed by atoms with Gasteiger partial charge in [-0.15, -0.1) is 0 Å². The molecule has 0 amide bonds. The number of hydrogen-bond acceptors (Lipinski definition) is 5. The minimum atomic E-state index is -0.404. The maximum atomic E-state index is 11.5. The van der Waals surface area contributed by atoms with E-state index in [-0.39, 0.29) is 18.0 Å². The molecule has 178 valence electrons. The summed E-state index contributed by atoms with van der Waals surface area (Å²) in [6.07, 6.45) is 12.9. The second kappa shape index (κ2) is 11.9. The molecule has 1 saturated heterocycles. The van der Waals surface area contributed by atoms with Crippen LogP contribution in [0.5, 0.6) is 0 Å². The van der Waals surface area contributed by atoms with Crippen LogP contribution in [0, 0.1) is 29.6 Å². The predicted octanol–water partition coefficient (Wildman–Crippen LogP) is 5.34. The number of rotatable bonds is 9. The van der Waals surface area contributed by atoms with Crippen molar-refractivity contribution in [2.24, 2.45) is 29.6 Å². The zero-order valence-corrected chi connectivity index (χ0v) is 20.0. The molecule has 3 rings (SSSR count). The van der Waals surface area contributed by atoms with Crippen LogP contribution in [0.15, 0.2) is 46.6 Å². The summed E-state index contributed by atoms with van der Waals surface area (Å²) in [5, 5.41) is 10.8. The Hall–Kier alpha value is -1.85. The molecule has 1 aromatic heterocycles. The SMILES string of the molecule is COC(=O)CC/C(C)=C/[C@@H]1C[C@@H]2[C@@H](/C=C/C(C)C)[C@H](CCc3ccco3)CO[C@H]2C[C@@H]1O. The Morgan fingerprint density at radius 3 is 2.81 bits per heavy atom. The molecule has 0 unspecified atom stereocenters. The van der Waals surface area contributed by atoms with Crippen LogP contribution in [0.25, 0.3) is 0 Å². The fraction of sp³-hybridized carbons (Fsp3) is 0.667. The fourth-order valence-electron chi connectivity index (χ4n) is 5.25. The summed E-state index contributed by atoms with van der Waals surface area (Å²) in [6.45, 7) is 7.21. The zero-order chi connectivity index (χ0) is 23.1. The molecule has 1 aliphatic carbocycles. The van der Waals surface area contributed by atoms with E-state index >= 15 is 0 Å².